The molecule has 3 nitrogen and oxygen atoms in total. The lowest BCUT2D eigenvalue weighted by Crippen LogP contribution is -2.36. The molecule has 2 unspecified atom stereocenters. The number of rotatable bonds is 5. The largest absolute Gasteiger partial charge is 0.339 e. The van der Waals surface area contributed by atoms with Gasteiger partial charge in [-0.05, 0) is 25.7 Å². The van der Waals surface area contributed by atoms with Gasteiger partial charge in [0.05, 0.1) is 5.92 Å². The number of hydrogen-bond acceptors (Lipinski definition) is 2. The monoisotopic (exact) mass is 196 g/mol. The van der Waals surface area contributed by atoms with Crippen LogP contribution in [0.4, 0.5) is 0 Å². The first-order valence-electron chi connectivity index (χ1n) is 5.80. The summed E-state index contributed by atoms with van der Waals surface area (Å²) in [5, 5.41) is 0. The summed E-state index contributed by atoms with van der Waals surface area (Å²) >= 11 is 0. The van der Waals surface area contributed by atoms with E-state index < -0.39 is 0 Å². The van der Waals surface area contributed by atoms with Crippen LogP contribution in [0.2, 0.25) is 0 Å². The van der Waals surface area contributed by atoms with Gasteiger partial charge < -0.3 is 10.6 Å². The molecule has 2 saturated carbocycles. The molecule has 0 heterocycles. The Balaban J connectivity index is 1.85. The SMILES string of the molecule is CCCCN(C(=O)C1CC1N)C1CC1. The molecule has 0 aromatic heterocycles. The molecule has 0 aliphatic heterocycles. The fourth-order valence-corrected chi connectivity index (χ4v) is 1.90. The lowest BCUT2D eigenvalue weighted by molar-refractivity contribution is -0.133. The highest BCUT2D eigenvalue weighted by Crippen LogP contribution is 2.35. The topological polar surface area (TPSA) is 46.3 Å². The van der Waals surface area contributed by atoms with Gasteiger partial charge in [0.1, 0.15) is 0 Å². The van der Waals surface area contributed by atoms with Crippen LogP contribution in [0.5, 0.6) is 0 Å². The Bertz CT molecular complexity index is 225. The average molecular weight is 196 g/mol. The summed E-state index contributed by atoms with van der Waals surface area (Å²) < 4.78 is 0. The second kappa shape index (κ2) is 3.89. The molecule has 14 heavy (non-hydrogen) atoms. The van der Waals surface area contributed by atoms with Crippen molar-refractivity contribution in [3.8, 4) is 0 Å². The molecule has 0 radical (unpaired) electrons. The van der Waals surface area contributed by atoms with Gasteiger partial charge in [-0.2, -0.15) is 0 Å². The summed E-state index contributed by atoms with van der Waals surface area (Å²) in [7, 11) is 0. The molecule has 0 spiro atoms. The van der Waals surface area contributed by atoms with E-state index in [-0.39, 0.29) is 12.0 Å². The molecule has 0 saturated heterocycles. The molecule has 0 aromatic carbocycles. The predicted molar refractivity (Wildman–Crippen MR) is 55.7 cm³/mol. The van der Waals surface area contributed by atoms with Gasteiger partial charge in [-0.1, -0.05) is 13.3 Å². The van der Waals surface area contributed by atoms with Gasteiger partial charge in [0.2, 0.25) is 5.91 Å². The van der Waals surface area contributed by atoms with Gasteiger partial charge >= 0.3 is 0 Å². The summed E-state index contributed by atoms with van der Waals surface area (Å²) in [6.45, 7) is 3.11. The van der Waals surface area contributed by atoms with E-state index in [2.05, 4.69) is 11.8 Å². The molecular formula is C11H20N2O. The average Bonchev–Trinajstić information content (AvgIpc) is 3.01. The predicted octanol–water partition coefficient (Wildman–Crippen LogP) is 1.12. The number of carbonyl (C=O) groups is 1. The number of unbranched alkanes of at least 4 members (excludes halogenated alkanes) is 1. The van der Waals surface area contributed by atoms with E-state index >= 15 is 0 Å². The zero-order valence-corrected chi connectivity index (χ0v) is 8.91. The number of nitrogens with two attached hydrogens (primary N) is 1. The molecule has 0 aromatic rings. The Hall–Kier alpha value is -0.570. The van der Waals surface area contributed by atoms with E-state index in [9.17, 15) is 4.79 Å². The molecule has 2 aliphatic rings. The van der Waals surface area contributed by atoms with E-state index in [4.69, 9.17) is 5.73 Å². The Labute approximate surface area is 85.6 Å². The second-order valence-corrected chi connectivity index (χ2v) is 4.62. The molecular weight excluding hydrogens is 176 g/mol. The van der Waals surface area contributed by atoms with Gasteiger partial charge in [0, 0.05) is 18.6 Å². The smallest absolute Gasteiger partial charge is 0.227 e. The highest BCUT2D eigenvalue weighted by molar-refractivity contribution is 5.83. The fourth-order valence-electron chi connectivity index (χ4n) is 1.90. The summed E-state index contributed by atoms with van der Waals surface area (Å²) in [5.41, 5.74) is 5.71. The second-order valence-electron chi connectivity index (χ2n) is 4.62. The van der Waals surface area contributed by atoms with E-state index in [0.29, 0.717) is 11.9 Å². The molecule has 3 heteroatoms. The maximum atomic E-state index is 11.9. The minimum Gasteiger partial charge on any atom is -0.339 e. The number of nitrogens with zero attached hydrogens (tertiary/aromatic N) is 1. The molecule has 2 fully saturated rings. The lowest BCUT2D eigenvalue weighted by Gasteiger charge is -2.22. The summed E-state index contributed by atoms with van der Waals surface area (Å²) in [6, 6.07) is 0.715. The van der Waals surface area contributed by atoms with Crippen LogP contribution >= 0.6 is 0 Å². The van der Waals surface area contributed by atoms with Crippen molar-refractivity contribution in [2.75, 3.05) is 6.54 Å². The summed E-state index contributed by atoms with van der Waals surface area (Å²) in [6.07, 6.45) is 5.61. The molecule has 2 atom stereocenters. The minimum absolute atomic E-state index is 0.158. The minimum atomic E-state index is 0.158. The van der Waals surface area contributed by atoms with Crippen molar-refractivity contribution in [1.82, 2.24) is 4.90 Å². The standard InChI is InChI=1S/C11H20N2O/c1-2-3-6-13(8-4-5-8)11(14)9-7-10(9)12/h8-10H,2-7,12H2,1H3. The lowest BCUT2D eigenvalue weighted by atomic mass is 10.2. The summed E-state index contributed by atoms with van der Waals surface area (Å²) in [4.78, 5) is 14.0. The zero-order valence-electron chi connectivity index (χ0n) is 8.91. The maximum absolute atomic E-state index is 11.9. The fraction of sp³-hybridized carbons (Fsp3) is 0.909. The quantitative estimate of drug-likeness (QED) is 0.716. The van der Waals surface area contributed by atoms with Gasteiger partial charge in [-0.25, -0.2) is 0 Å². The van der Waals surface area contributed by atoms with Crippen molar-refractivity contribution in [3.05, 3.63) is 0 Å². The van der Waals surface area contributed by atoms with Crippen molar-refractivity contribution in [2.24, 2.45) is 11.7 Å². The third-order valence-electron chi connectivity index (χ3n) is 3.18. The third-order valence-corrected chi connectivity index (χ3v) is 3.18. The van der Waals surface area contributed by atoms with Crippen molar-refractivity contribution in [2.45, 2.75) is 51.1 Å². The number of carbonyl (C=O) groups excluding carboxylic acids is 1. The van der Waals surface area contributed by atoms with Crippen LogP contribution in [0.15, 0.2) is 0 Å². The molecule has 0 bridgehead atoms. The highest BCUT2D eigenvalue weighted by atomic mass is 16.2. The van der Waals surface area contributed by atoms with E-state index in [1.165, 1.54) is 12.8 Å². The molecule has 80 valence electrons. The van der Waals surface area contributed by atoms with Crippen LogP contribution in [-0.2, 0) is 4.79 Å². The van der Waals surface area contributed by atoms with Crippen molar-refractivity contribution in [1.29, 1.82) is 0 Å². The van der Waals surface area contributed by atoms with E-state index in [1.54, 1.807) is 0 Å². The van der Waals surface area contributed by atoms with Crippen LogP contribution in [0.1, 0.15) is 39.0 Å². The van der Waals surface area contributed by atoms with Gasteiger partial charge in [-0.15, -0.1) is 0 Å². The Morgan fingerprint density at radius 3 is 2.57 bits per heavy atom. The first-order chi connectivity index (χ1) is 6.74. The highest BCUT2D eigenvalue weighted by Gasteiger charge is 2.45. The number of hydrogen-bond donors (Lipinski definition) is 1. The Morgan fingerprint density at radius 1 is 1.50 bits per heavy atom. The van der Waals surface area contributed by atoms with Crippen molar-refractivity contribution in [3.63, 3.8) is 0 Å². The van der Waals surface area contributed by atoms with Crippen molar-refractivity contribution >= 4 is 5.91 Å². The van der Waals surface area contributed by atoms with Gasteiger partial charge in [-0.3, -0.25) is 4.79 Å². The number of amides is 1. The Kier molecular flexibility index (Phi) is 2.77. The van der Waals surface area contributed by atoms with Crippen LogP contribution < -0.4 is 5.73 Å². The van der Waals surface area contributed by atoms with E-state index in [1.807, 2.05) is 0 Å². The van der Waals surface area contributed by atoms with E-state index in [0.717, 1.165) is 25.8 Å². The normalized spacial score (nSPS) is 30.1. The third kappa shape index (κ3) is 2.08. The molecule has 2 rings (SSSR count). The van der Waals surface area contributed by atoms with Crippen molar-refractivity contribution < 1.29 is 4.79 Å². The molecule has 2 aliphatic carbocycles. The van der Waals surface area contributed by atoms with Crippen LogP contribution in [0.25, 0.3) is 0 Å². The zero-order chi connectivity index (χ0) is 10.1. The Morgan fingerprint density at radius 2 is 2.14 bits per heavy atom. The molecule has 1 amide bonds. The van der Waals surface area contributed by atoms with Gasteiger partial charge in [0.15, 0.2) is 0 Å². The van der Waals surface area contributed by atoms with Gasteiger partial charge in [0.25, 0.3) is 0 Å². The summed E-state index contributed by atoms with van der Waals surface area (Å²) in [5.74, 6) is 0.487. The maximum Gasteiger partial charge on any atom is 0.227 e. The van der Waals surface area contributed by atoms with Crippen LogP contribution in [0.3, 0.4) is 0 Å². The first kappa shape index (κ1) is 9.97. The van der Waals surface area contributed by atoms with Crippen LogP contribution in [0, 0.1) is 5.92 Å². The first-order valence-corrected chi connectivity index (χ1v) is 5.80. The van der Waals surface area contributed by atoms with Crippen LogP contribution in [-0.4, -0.2) is 29.4 Å². The molecule has 2 N–H and O–H groups in total.